The Morgan fingerprint density at radius 2 is 1.78 bits per heavy atom. The highest BCUT2D eigenvalue weighted by Gasteiger charge is 2.25. The molecule has 180 valence electrons. The number of fused-ring (bicyclic) bond motifs is 1. The number of carbonyl (C=O) groups excluding carboxylic acids is 2. The standard InChI is InChI=1S/C25H21N7O3S/c1-32(16-7-3-2-4-8-16)21-14-15(13-19-23(34)31-25(35)36-19)27-24(30-21)26-12-11-20-28-18-10-6-5-9-17(18)22(33)29-20/h2-10,13-14H,11-12H2,1H3,(H,26,27,30)(H,28,29,33)(H,31,34,35)/b19-13+. The SMILES string of the molecule is CN(c1ccccc1)c1cc(/C=C2/SC(=O)NC2=O)nc(NCCc2nc3ccccc3c(=O)[nH]2)n1. The number of hydrogen-bond donors (Lipinski definition) is 3. The van der Waals surface area contributed by atoms with Gasteiger partial charge < -0.3 is 15.2 Å². The topological polar surface area (TPSA) is 133 Å². The van der Waals surface area contributed by atoms with Crippen LogP contribution >= 0.6 is 11.8 Å². The minimum absolute atomic E-state index is 0.186. The van der Waals surface area contributed by atoms with Crippen molar-refractivity contribution in [3.8, 4) is 0 Å². The molecule has 1 aliphatic heterocycles. The summed E-state index contributed by atoms with van der Waals surface area (Å²) in [6.07, 6.45) is 1.99. The van der Waals surface area contributed by atoms with Gasteiger partial charge in [0, 0.05) is 31.8 Å². The number of aromatic amines is 1. The second kappa shape index (κ2) is 10.0. The number of benzene rings is 2. The van der Waals surface area contributed by atoms with Crippen LogP contribution in [0.1, 0.15) is 11.5 Å². The highest BCUT2D eigenvalue weighted by molar-refractivity contribution is 8.18. The lowest BCUT2D eigenvalue weighted by Gasteiger charge is -2.19. The van der Waals surface area contributed by atoms with Crippen LogP contribution in [0.4, 0.5) is 22.2 Å². The van der Waals surface area contributed by atoms with Gasteiger partial charge in [0.1, 0.15) is 11.6 Å². The summed E-state index contributed by atoms with van der Waals surface area (Å²) in [4.78, 5) is 54.6. The fraction of sp³-hybridized carbons (Fsp3) is 0.120. The van der Waals surface area contributed by atoms with Gasteiger partial charge >= 0.3 is 0 Å². The molecule has 0 spiro atoms. The quantitative estimate of drug-likeness (QED) is 0.327. The number of nitrogens with one attached hydrogen (secondary N) is 3. The molecular formula is C25H21N7O3S. The second-order valence-corrected chi connectivity index (χ2v) is 8.94. The van der Waals surface area contributed by atoms with Crippen LogP contribution < -0.4 is 21.1 Å². The first-order chi connectivity index (χ1) is 17.5. The van der Waals surface area contributed by atoms with E-state index in [9.17, 15) is 14.4 Å². The molecule has 0 radical (unpaired) electrons. The predicted octanol–water partition coefficient (Wildman–Crippen LogP) is 3.46. The van der Waals surface area contributed by atoms with Gasteiger partial charge in [-0.15, -0.1) is 0 Å². The summed E-state index contributed by atoms with van der Waals surface area (Å²) >= 11 is 0.827. The van der Waals surface area contributed by atoms with Crippen LogP contribution in [0.15, 0.2) is 70.4 Å². The maximum absolute atomic E-state index is 12.3. The molecule has 4 aromatic rings. The monoisotopic (exact) mass is 499 g/mol. The first kappa shape index (κ1) is 23.2. The minimum atomic E-state index is -0.456. The molecule has 0 bridgehead atoms. The predicted molar refractivity (Wildman–Crippen MR) is 140 cm³/mol. The van der Waals surface area contributed by atoms with Crippen molar-refractivity contribution in [3.63, 3.8) is 0 Å². The Labute approximate surface area is 209 Å². The number of aromatic nitrogens is 4. The number of anilines is 3. The largest absolute Gasteiger partial charge is 0.354 e. The van der Waals surface area contributed by atoms with Crippen LogP contribution in [-0.4, -0.2) is 44.7 Å². The average Bonchev–Trinajstić information content (AvgIpc) is 3.20. The number of carbonyl (C=O) groups is 2. The summed E-state index contributed by atoms with van der Waals surface area (Å²) < 4.78 is 0. The summed E-state index contributed by atoms with van der Waals surface area (Å²) in [6, 6.07) is 18.6. The molecule has 0 atom stereocenters. The molecule has 2 amide bonds. The first-order valence-corrected chi connectivity index (χ1v) is 11.9. The van der Waals surface area contributed by atoms with Gasteiger partial charge in [-0.05, 0) is 42.1 Å². The lowest BCUT2D eigenvalue weighted by molar-refractivity contribution is -0.115. The van der Waals surface area contributed by atoms with E-state index in [2.05, 4.69) is 30.6 Å². The Kier molecular flexibility index (Phi) is 6.46. The minimum Gasteiger partial charge on any atom is -0.354 e. The number of thioether (sulfide) groups is 1. The molecule has 3 N–H and O–H groups in total. The number of nitrogens with zero attached hydrogens (tertiary/aromatic N) is 4. The third-order valence-corrected chi connectivity index (χ3v) is 6.26. The molecule has 3 heterocycles. The van der Waals surface area contributed by atoms with E-state index in [1.807, 2.05) is 48.3 Å². The van der Waals surface area contributed by atoms with Gasteiger partial charge in [-0.3, -0.25) is 19.7 Å². The molecule has 5 rings (SSSR count). The highest BCUT2D eigenvalue weighted by Crippen LogP contribution is 2.28. The Morgan fingerprint density at radius 3 is 2.56 bits per heavy atom. The van der Waals surface area contributed by atoms with E-state index in [1.54, 1.807) is 30.3 Å². The molecule has 1 aliphatic rings. The van der Waals surface area contributed by atoms with Crippen LogP contribution in [0.25, 0.3) is 17.0 Å². The van der Waals surface area contributed by atoms with Gasteiger partial charge in [-0.25, -0.2) is 9.97 Å². The number of amides is 2. The Balaban J connectivity index is 1.41. The lowest BCUT2D eigenvalue weighted by atomic mass is 10.2. The van der Waals surface area contributed by atoms with Crippen LogP contribution in [-0.2, 0) is 11.2 Å². The third-order valence-electron chi connectivity index (χ3n) is 5.45. The fourth-order valence-corrected chi connectivity index (χ4v) is 4.33. The number of rotatable bonds is 7. The molecule has 1 fully saturated rings. The van der Waals surface area contributed by atoms with Crippen LogP contribution in [0, 0.1) is 0 Å². The van der Waals surface area contributed by atoms with Crippen LogP contribution in [0.5, 0.6) is 0 Å². The molecular weight excluding hydrogens is 478 g/mol. The van der Waals surface area contributed by atoms with Gasteiger partial charge in [-0.1, -0.05) is 30.3 Å². The van der Waals surface area contributed by atoms with Gasteiger partial charge in [0.2, 0.25) is 5.95 Å². The lowest BCUT2D eigenvalue weighted by Crippen LogP contribution is -2.18. The molecule has 11 heteroatoms. The molecule has 0 saturated carbocycles. The zero-order valence-electron chi connectivity index (χ0n) is 19.2. The molecule has 0 unspecified atom stereocenters. The molecule has 2 aromatic carbocycles. The zero-order chi connectivity index (χ0) is 25.1. The molecule has 1 saturated heterocycles. The van der Waals surface area contributed by atoms with E-state index in [4.69, 9.17) is 0 Å². The van der Waals surface area contributed by atoms with Crippen molar-refractivity contribution >= 4 is 57.3 Å². The molecule has 36 heavy (non-hydrogen) atoms. The molecule has 10 nitrogen and oxygen atoms in total. The van der Waals surface area contributed by atoms with Crippen molar-refractivity contribution < 1.29 is 9.59 Å². The summed E-state index contributed by atoms with van der Waals surface area (Å²) in [6.45, 7) is 0.406. The fourth-order valence-electron chi connectivity index (χ4n) is 3.66. The van der Waals surface area contributed by atoms with E-state index < -0.39 is 11.1 Å². The Bertz CT molecular complexity index is 1550. The Morgan fingerprint density at radius 1 is 1.00 bits per heavy atom. The van der Waals surface area contributed by atoms with Crippen molar-refractivity contribution in [2.75, 3.05) is 23.8 Å². The number of imide groups is 1. The van der Waals surface area contributed by atoms with Crippen LogP contribution in [0.2, 0.25) is 0 Å². The van der Waals surface area contributed by atoms with E-state index in [-0.39, 0.29) is 10.5 Å². The van der Waals surface area contributed by atoms with Crippen molar-refractivity contribution in [1.82, 2.24) is 25.3 Å². The maximum Gasteiger partial charge on any atom is 0.290 e. The first-order valence-electron chi connectivity index (χ1n) is 11.1. The normalized spacial score (nSPS) is 14.3. The number of hydrogen-bond acceptors (Lipinski definition) is 9. The molecule has 2 aromatic heterocycles. The molecule has 0 aliphatic carbocycles. The summed E-state index contributed by atoms with van der Waals surface area (Å²) in [7, 11) is 1.88. The summed E-state index contributed by atoms with van der Waals surface area (Å²) in [5.41, 5.74) is 1.83. The third kappa shape index (κ3) is 5.10. The smallest absolute Gasteiger partial charge is 0.290 e. The van der Waals surface area contributed by atoms with Crippen LogP contribution in [0.3, 0.4) is 0 Å². The van der Waals surface area contributed by atoms with E-state index >= 15 is 0 Å². The number of para-hydroxylation sites is 2. The zero-order valence-corrected chi connectivity index (χ0v) is 20.0. The second-order valence-electron chi connectivity index (χ2n) is 7.93. The highest BCUT2D eigenvalue weighted by atomic mass is 32.2. The summed E-state index contributed by atoms with van der Waals surface area (Å²) in [5, 5.41) is 5.55. The van der Waals surface area contributed by atoms with E-state index in [0.29, 0.717) is 47.2 Å². The Hall–Kier alpha value is -4.51. The number of H-pyrrole nitrogens is 1. The van der Waals surface area contributed by atoms with Crippen molar-refractivity contribution in [3.05, 3.63) is 87.4 Å². The van der Waals surface area contributed by atoms with Crippen molar-refractivity contribution in [1.29, 1.82) is 0 Å². The van der Waals surface area contributed by atoms with Gasteiger partial charge in [0.25, 0.3) is 16.7 Å². The van der Waals surface area contributed by atoms with Gasteiger partial charge in [-0.2, -0.15) is 4.98 Å². The average molecular weight is 500 g/mol. The van der Waals surface area contributed by atoms with Gasteiger partial charge in [0.15, 0.2) is 0 Å². The van der Waals surface area contributed by atoms with Crippen molar-refractivity contribution in [2.24, 2.45) is 0 Å². The maximum atomic E-state index is 12.3. The van der Waals surface area contributed by atoms with E-state index in [1.165, 1.54) is 0 Å². The van der Waals surface area contributed by atoms with Gasteiger partial charge in [0.05, 0.1) is 21.5 Å². The summed E-state index contributed by atoms with van der Waals surface area (Å²) in [5.74, 6) is 1.02. The van der Waals surface area contributed by atoms with E-state index in [0.717, 1.165) is 17.4 Å². The van der Waals surface area contributed by atoms with Crippen molar-refractivity contribution in [2.45, 2.75) is 6.42 Å².